The molecule has 0 spiro atoms. The summed E-state index contributed by atoms with van der Waals surface area (Å²) in [7, 11) is 0. The minimum absolute atomic E-state index is 0.434. The Kier molecular flexibility index (Phi) is 4.87. The predicted octanol–water partition coefficient (Wildman–Crippen LogP) is 3.16. The van der Waals surface area contributed by atoms with Gasteiger partial charge in [-0.1, -0.05) is 26.7 Å². The van der Waals surface area contributed by atoms with Crippen molar-refractivity contribution in [2.45, 2.75) is 83.3 Å². The molecule has 100 valence electrons. The third-order valence-electron chi connectivity index (χ3n) is 4.85. The summed E-state index contributed by atoms with van der Waals surface area (Å²) in [5.74, 6) is 0.879. The molecule has 0 aromatic heterocycles. The lowest BCUT2D eigenvalue weighted by atomic mass is 9.81. The van der Waals surface area contributed by atoms with Crippen LogP contribution in [0.2, 0.25) is 0 Å². The van der Waals surface area contributed by atoms with Crippen molar-refractivity contribution in [1.82, 2.24) is 4.90 Å². The first-order valence-corrected chi connectivity index (χ1v) is 7.73. The molecule has 1 aliphatic heterocycles. The second kappa shape index (κ2) is 6.19. The van der Waals surface area contributed by atoms with E-state index in [0.29, 0.717) is 12.1 Å². The number of hydrogen-bond acceptors (Lipinski definition) is 2. The van der Waals surface area contributed by atoms with E-state index >= 15 is 0 Å². The fourth-order valence-corrected chi connectivity index (χ4v) is 3.86. The van der Waals surface area contributed by atoms with Crippen LogP contribution < -0.4 is 5.73 Å². The predicted molar refractivity (Wildman–Crippen MR) is 74.0 cm³/mol. The fourth-order valence-electron chi connectivity index (χ4n) is 3.86. The normalized spacial score (nSPS) is 40.4. The van der Waals surface area contributed by atoms with E-state index in [4.69, 9.17) is 5.73 Å². The number of likely N-dealkylation sites (tertiary alicyclic amines) is 1. The minimum Gasteiger partial charge on any atom is -0.326 e. The van der Waals surface area contributed by atoms with Crippen molar-refractivity contribution in [2.75, 3.05) is 6.54 Å². The second-order valence-electron chi connectivity index (χ2n) is 6.33. The average molecular weight is 238 g/mol. The van der Waals surface area contributed by atoms with E-state index in [-0.39, 0.29) is 0 Å². The van der Waals surface area contributed by atoms with Crippen LogP contribution >= 0.6 is 0 Å². The molecule has 1 aliphatic carbocycles. The van der Waals surface area contributed by atoms with E-state index in [1.807, 2.05) is 0 Å². The van der Waals surface area contributed by atoms with Gasteiger partial charge in [0.05, 0.1) is 0 Å². The Morgan fingerprint density at radius 2 is 2.00 bits per heavy atom. The molecule has 2 N–H and O–H groups in total. The van der Waals surface area contributed by atoms with Gasteiger partial charge in [0.1, 0.15) is 0 Å². The van der Waals surface area contributed by atoms with Gasteiger partial charge in [-0.3, -0.25) is 4.90 Å². The molecule has 0 radical (unpaired) electrons. The minimum atomic E-state index is 0.434. The number of nitrogens with zero attached hydrogens (tertiary/aromatic N) is 1. The number of piperidine rings is 1. The van der Waals surface area contributed by atoms with Gasteiger partial charge in [-0.15, -0.1) is 0 Å². The van der Waals surface area contributed by atoms with Crippen LogP contribution in [0.15, 0.2) is 0 Å². The molecule has 0 aromatic rings. The summed E-state index contributed by atoms with van der Waals surface area (Å²) in [5, 5.41) is 0. The molecule has 2 nitrogen and oxygen atoms in total. The quantitative estimate of drug-likeness (QED) is 0.818. The monoisotopic (exact) mass is 238 g/mol. The standard InChI is InChI=1S/C15H30N2/c1-3-6-13-7-4-5-10-17(13)15-11-12(2)8-9-14(15)16/h12-15H,3-11,16H2,1-2H3. The van der Waals surface area contributed by atoms with Crippen LogP contribution in [0.5, 0.6) is 0 Å². The van der Waals surface area contributed by atoms with Crippen LogP contribution in [0.3, 0.4) is 0 Å². The van der Waals surface area contributed by atoms with Crippen molar-refractivity contribution in [3.63, 3.8) is 0 Å². The van der Waals surface area contributed by atoms with E-state index in [2.05, 4.69) is 18.7 Å². The highest BCUT2D eigenvalue weighted by atomic mass is 15.2. The zero-order chi connectivity index (χ0) is 12.3. The smallest absolute Gasteiger partial charge is 0.0252 e. The third-order valence-corrected chi connectivity index (χ3v) is 4.85. The number of nitrogens with two attached hydrogens (primary N) is 1. The zero-order valence-electron chi connectivity index (χ0n) is 11.7. The van der Waals surface area contributed by atoms with Crippen LogP contribution in [0.25, 0.3) is 0 Å². The summed E-state index contributed by atoms with van der Waals surface area (Å²) in [4.78, 5) is 2.79. The average Bonchev–Trinajstić information content (AvgIpc) is 2.34. The summed E-state index contributed by atoms with van der Waals surface area (Å²) in [6, 6.07) is 1.94. The summed E-state index contributed by atoms with van der Waals surface area (Å²) in [5.41, 5.74) is 6.39. The molecule has 4 unspecified atom stereocenters. The van der Waals surface area contributed by atoms with Gasteiger partial charge < -0.3 is 5.73 Å². The Bertz CT molecular complexity index is 227. The molecule has 2 fully saturated rings. The highest BCUT2D eigenvalue weighted by Gasteiger charge is 2.35. The van der Waals surface area contributed by atoms with Crippen LogP contribution in [-0.4, -0.2) is 29.6 Å². The molecule has 0 bridgehead atoms. The lowest BCUT2D eigenvalue weighted by Gasteiger charge is -2.46. The molecule has 2 aliphatic rings. The van der Waals surface area contributed by atoms with Crippen molar-refractivity contribution in [1.29, 1.82) is 0 Å². The van der Waals surface area contributed by atoms with Gasteiger partial charge in [0.25, 0.3) is 0 Å². The first-order chi connectivity index (χ1) is 8.22. The van der Waals surface area contributed by atoms with Gasteiger partial charge in [-0.2, -0.15) is 0 Å². The maximum absolute atomic E-state index is 6.39. The SMILES string of the molecule is CCCC1CCCCN1C1CC(C)CCC1N. The molecule has 0 amide bonds. The Labute approximate surface area is 107 Å². The van der Waals surface area contributed by atoms with Gasteiger partial charge in [0, 0.05) is 18.1 Å². The maximum atomic E-state index is 6.39. The molecule has 0 aromatic carbocycles. The molecule has 2 rings (SSSR count). The highest BCUT2D eigenvalue weighted by Crippen LogP contribution is 2.32. The van der Waals surface area contributed by atoms with Crippen molar-refractivity contribution in [3.05, 3.63) is 0 Å². The molecule has 1 saturated heterocycles. The van der Waals surface area contributed by atoms with E-state index in [0.717, 1.165) is 12.0 Å². The fraction of sp³-hybridized carbons (Fsp3) is 1.00. The second-order valence-corrected chi connectivity index (χ2v) is 6.33. The Balaban J connectivity index is 2.01. The van der Waals surface area contributed by atoms with E-state index in [1.165, 1.54) is 57.9 Å². The molecular weight excluding hydrogens is 208 g/mol. The summed E-state index contributed by atoms with van der Waals surface area (Å²) in [6.07, 6.45) is 10.8. The van der Waals surface area contributed by atoms with Crippen LogP contribution in [0.1, 0.15) is 65.2 Å². The third kappa shape index (κ3) is 3.23. The van der Waals surface area contributed by atoms with Gasteiger partial charge in [-0.25, -0.2) is 0 Å². The molecule has 4 atom stereocenters. The van der Waals surface area contributed by atoms with Crippen LogP contribution in [-0.2, 0) is 0 Å². The topological polar surface area (TPSA) is 29.3 Å². The summed E-state index contributed by atoms with van der Waals surface area (Å²) >= 11 is 0. The molecule has 1 heterocycles. The van der Waals surface area contributed by atoms with Crippen molar-refractivity contribution >= 4 is 0 Å². The molecule has 1 saturated carbocycles. The van der Waals surface area contributed by atoms with E-state index < -0.39 is 0 Å². The van der Waals surface area contributed by atoms with E-state index in [9.17, 15) is 0 Å². The zero-order valence-corrected chi connectivity index (χ0v) is 11.7. The summed E-state index contributed by atoms with van der Waals surface area (Å²) in [6.45, 7) is 6.02. The van der Waals surface area contributed by atoms with Crippen LogP contribution in [0, 0.1) is 5.92 Å². The molecule has 17 heavy (non-hydrogen) atoms. The maximum Gasteiger partial charge on any atom is 0.0252 e. The summed E-state index contributed by atoms with van der Waals surface area (Å²) < 4.78 is 0. The largest absolute Gasteiger partial charge is 0.326 e. The van der Waals surface area contributed by atoms with Crippen molar-refractivity contribution in [2.24, 2.45) is 11.7 Å². The van der Waals surface area contributed by atoms with E-state index in [1.54, 1.807) is 0 Å². The van der Waals surface area contributed by atoms with Gasteiger partial charge >= 0.3 is 0 Å². The highest BCUT2D eigenvalue weighted by molar-refractivity contribution is 4.92. The molecular formula is C15H30N2. The van der Waals surface area contributed by atoms with Crippen molar-refractivity contribution < 1.29 is 0 Å². The Hall–Kier alpha value is -0.0800. The molecule has 2 heteroatoms. The number of rotatable bonds is 3. The van der Waals surface area contributed by atoms with Crippen LogP contribution in [0.4, 0.5) is 0 Å². The van der Waals surface area contributed by atoms with Gasteiger partial charge in [0.2, 0.25) is 0 Å². The van der Waals surface area contributed by atoms with Crippen molar-refractivity contribution in [3.8, 4) is 0 Å². The lowest BCUT2D eigenvalue weighted by Crippen LogP contribution is -2.56. The number of hydrogen-bond donors (Lipinski definition) is 1. The van der Waals surface area contributed by atoms with Gasteiger partial charge in [0.15, 0.2) is 0 Å². The van der Waals surface area contributed by atoms with Gasteiger partial charge in [-0.05, 0) is 51.0 Å². The first-order valence-electron chi connectivity index (χ1n) is 7.73. The Morgan fingerprint density at radius 1 is 1.18 bits per heavy atom. The first kappa shape index (κ1) is 13.4. The lowest BCUT2D eigenvalue weighted by molar-refractivity contribution is 0.0447. The Morgan fingerprint density at radius 3 is 2.76 bits per heavy atom.